The molecule has 4 rings (SSSR count). The average molecular weight is 357 g/mol. The fraction of sp³-hybridized carbons (Fsp3) is 0.389. The number of hydrogen-bond donors (Lipinski definition) is 1. The van der Waals surface area contributed by atoms with Crippen LogP contribution in [0, 0.1) is 0 Å². The van der Waals surface area contributed by atoms with Crippen LogP contribution in [0.2, 0.25) is 0 Å². The van der Waals surface area contributed by atoms with E-state index in [-0.39, 0.29) is 11.7 Å². The van der Waals surface area contributed by atoms with Gasteiger partial charge in [-0.25, -0.2) is 4.98 Å². The number of hydrogen-bond acceptors (Lipinski definition) is 6. The number of ketones is 1. The molecule has 7 heteroatoms. The summed E-state index contributed by atoms with van der Waals surface area (Å²) in [6.07, 6.45) is 1.99. The van der Waals surface area contributed by atoms with Crippen LogP contribution < -0.4 is 10.5 Å². The van der Waals surface area contributed by atoms with Gasteiger partial charge in [0.1, 0.15) is 11.4 Å². The summed E-state index contributed by atoms with van der Waals surface area (Å²) in [4.78, 5) is 30.9. The largest absolute Gasteiger partial charge is 0.484 e. The molecule has 130 valence electrons. The highest BCUT2D eigenvalue weighted by Gasteiger charge is 2.46. The Labute approximate surface area is 149 Å². The summed E-state index contributed by atoms with van der Waals surface area (Å²) in [5.74, 6) is 0.790. The van der Waals surface area contributed by atoms with Gasteiger partial charge >= 0.3 is 0 Å². The lowest BCUT2D eigenvalue weighted by molar-refractivity contribution is -0.131. The molecule has 1 fully saturated rings. The van der Waals surface area contributed by atoms with Crippen LogP contribution in [0.15, 0.2) is 29.6 Å². The van der Waals surface area contributed by atoms with Gasteiger partial charge < -0.3 is 15.4 Å². The molecule has 2 aliphatic heterocycles. The monoisotopic (exact) mass is 357 g/mol. The first-order valence-electron chi connectivity index (χ1n) is 8.34. The number of Topliss-reactive ketones (excluding diaryl/α,β-unsaturated/α-hetero) is 1. The molecule has 3 heterocycles. The first kappa shape index (κ1) is 16.1. The molecule has 0 saturated carbocycles. The fourth-order valence-electron chi connectivity index (χ4n) is 3.56. The minimum absolute atomic E-state index is 0.0679. The number of nitrogens with zero attached hydrogens (tertiary/aromatic N) is 2. The number of rotatable bonds is 3. The Morgan fingerprint density at radius 3 is 3.04 bits per heavy atom. The molecule has 2 aliphatic rings. The zero-order chi connectivity index (χ0) is 17.4. The van der Waals surface area contributed by atoms with Crippen molar-refractivity contribution in [3.63, 3.8) is 0 Å². The number of amides is 1. The van der Waals surface area contributed by atoms with Gasteiger partial charge in [-0.05, 0) is 18.6 Å². The molecular formula is C18H19N3O3S. The van der Waals surface area contributed by atoms with Crippen LogP contribution in [0.4, 0.5) is 5.13 Å². The van der Waals surface area contributed by atoms with Gasteiger partial charge in [0.15, 0.2) is 10.9 Å². The third kappa shape index (κ3) is 3.11. The summed E-state index contributed by atoms with van der Waals surface area (Å²) in [6.45, 7) is 1.08. The average Bonchev–Trinajstić information content (AvgIpc) is 3.19. The standard InChI is InChI=1S/C18H19N3O3S/c19-17-20-12(10-25-17)5-6-16(23)21-8-7-18(11-21)9-14(22)13-3-1-2-4-15(13)24-18/h1-4,10H,5-9,11H2,(H2,19,20). The predicted molar refractivity (Wildman–Crippen MR) is 94.8 cm³/mol. The summed E-state index contributed by atoms with van der Waals surface area (Å²) in [5, 5.41) is 2.41. The molecule has 1 amide bonds. The van der Waals surface area contributed by atoms with Crippen molar-refractivity contribution in [2.75, 3.05) is 18.8 Å². The van der Waals surface area contributed by atoms with Gasteiger partial charge in [0.05, 0.1) is 24.2 Å². The van der Waals surface area contributed by atoms with E-state index < -0.39 is 5.60 Å². The van der Waals surface area contributed by atoms with Crippen LogP contribution in [0.5, 0.6) is 5.75 Å². The van der Waals surface area contributed by atoms with E-state index in [2.05, 4.69) is 4.98 Å². The van der Waals surface area contributed by atoms with E-state index in [1.165, 1.54) is 11.3 Å². The molecular weight excluding hydrogens is 338 g/mol. The lowest BCUT2D eigenvalue weighted by Gasteiger charge is -2.34. The first-order chi connectivity index (χ1) is 12.0. The summed E-state index contributed by atoms with van der Waals surface area (Å²) in [5.41, 5.74) is 6.53. The van der Waals surface area contributed by atoms with Crippen molar-refractivity contribution in [3.05, 3.63) is 40.9 Å². The zero-order valence-electron chi connectivity index (χ0n) is 13.7. The number of benzene rings is 1. The lowest BCUT2D eigenvalue weighted by atomic mass is 9.89. The number of thiazole rings is 1. The number of aryl methyl sites for hydroxylation is 1. The number of nitrogen functional groups attached to an aromatic ring is 1. The number of fused-ring (bicyclic) bond motifs is 1. The Hall–Kier alpha value is -2.41. The minimum Gasteiger partial charge on any atom is -0.484 e. The van der Waals surface area contributed by atoms with Gasteiger partial charge in [-0.2, -0.15) is 0 Å². The van der Waals surface area contributed by atoms with E-state index in [0.29, 0.717) is 55.2 Å². The number of ether oxygens (including phenoxy) is 1. The second-order valence-corrected chi connectivity index (χ2v) is 7.51. The van der Waals surface area contributed by atoms with Crippen LogP contribution in [0.25, 0.3) is 0 Å². The molecule has 1 unspecified atom stereocenters. The smallest absolute Gasteiger partial charge is 0.223 e. The van der Waals surface area contributed by atoms with Crippen molar-refractivity contribution >= 4 is 28.2 Å². The number of anilines is 1. The number of likely N-dealkylation sites (tertiary alicyclic amines) is 1. The van der Waals surface area contributed by atoms with Crippen molar-refractivity contribution in [1.29, 1.82) is 0 Å². The Morgan fingerprint density at radius 1 is 1.40 bits per heavy atom. The molecule has 6 nitrogen and oxygen atoms in total. The van der Waals surface area contributed by atoms with Gasteiger partial charge in [0.2, 0.25) is 5.91 Å². The van der Waals surface area contributed by atoms with Crippen molar-refractivity contribution in [2.45, 2.75) is 31.3 Å². The van der Waals surface area contributed by atoms with E-state index in [1.54, 1.807) is 11.0 Å². The SMILES string of the molecule is Nc1nc(CCC(=O)N2CCC3(CC(=O)c4ccccc4O3)C2)cs1. The maximum atomic E-state index is 12.5. The molecule has 0 aliphatic carbocycles. The number of carbonyl (C=O) groups excluding carboxylic acids is 2. The molecule has 2 aromatic rings. The quantitative estimate of drug-likeness (QED) is 0.911. The maximum Gasteiger partial charge on any atom is 0.223 e. The number of carbonyl (C=O) groups is 2. The molecule has 0 bridgehead atoms. The summed E-state index contributed by atoms with van der Waals surface area (Å²) in [6, 6.07) is 7.32. The van der Waals surface area contributed by atoms with Crippen LogP contribution in [-0.2, 0) is 11.2 Å². The van der Waals surface area contributed by atoms with Gasteiger partial charge in [0, 0.05) is 24.8 Å². The minimum atomic E-state index is -0.577. The Bertz CT molecular complexity index is 834. The molecule has 1 aromatic carbocycles. The third-order valence-corrected chi connectivity index (χ3v) is 5.55. The van der Waals surface area contributed by atoms with Gasteiger partial charge in [-0.3, -0.25) is 9.59 Å². The van der Waals surface area contributed by atoms with Crippen molar-refractivity contribution in [1.82, 2.24) is 9.88 Å². The summed E-state index contributed by atoms with van der Waals surface area (Å²) < 4.78 is 6.16. The number of aromatic nitrogens is 1. The van der Waals surface area contributed by atoms with E-state index >= 15 is 0 Å². The van der Waals surface area contributed by atoms with Crippen molar-refractivity contribution in [2.24, 2.45) is 0 Å². The van der Waals surface area contributed by atoms with E-state index in [4.69, 9.17) is 10.5 Å². The van der Waals surface area contributed by atoms with Crippen LogP contribution in [-0.4, -0.2) is 40.3 Å². The van der Waals surface area contributed by atoms with Crippen LogP contribution in [0.3, 0.4) is 0 Å². The highest BCUT2D eigenvalue weighted by atomic mass is 32.1. The van der Waals surface area contributed by atoms with Crippen LogP contribution >= 0.6 is 11.3 Å². The zero-order valence-corrected chi connectivity index (χ0v) is 14.6. The predicted octanol–water partition coefficient (Wildman–Crippen LogP) is 2.29. The fourth-order valence-corrected chi connectivity index (χ4v) is 4.16. The van der Waals surface area contributed by atoms with Gasteiger partial charge in [-0.15, -0.1) is 11.3 Å². The second kappa shape index (κ2) is 6.15. The van der Waals surface area contributed by atoms with E-state index in [9.17, 15) is 9.59 Å². The van der Waals surface area contributed by atoms with Gasteiger partial charge in [0.25, 0.3) is 0 Å². The normalized spacial score (nSPS) is 22.1. The maximum absolute atomic E-state index is 12.5. The Kier molecular flexibility index (Phi) is 3.95. The molecule has 1 atom stereocenters. The van der Waals surface area contributed by atoms with E-state index in [1.807, 2.05) is 23.6 Å². The van der Waals surface area contributed by atoms with E-state index in [0.717, 1.165) is 5.69 Å². The Balaban J connectivity index is 1.41. The molecule has 1 saturated heterocycles. The highest BCUT2D eigenvalue weighted by Crippen LogP contribution is 2.38. The summed E-state index contributed by atoms with van der Waals surface area (Å²) in [7, 11) is 0. The summed E-state index contributed by atoms with van der Waals surface area (Å²) >= 11 is 1.38. The molecule has 25 heavy (non-hydrogen) atoms. The first-order valence-corrected chi connectivity index (χ1v) is 9.22. The Morgan fingerprint density at radius 2 is 2.24 bits per heavy atom. The highest BCUT2D eigenvalue weighted by molar-refractivity contribution is 7.13. The number of nitrogens with two attached hydrogens (primary N) is 1. The van der Waals surface area contributed by atoms with Crippen LogP contribution in [0.1, 0.15) is 35.3 Å². The molecule has 2 N–H and O–H groups in total. The molecule has 1 spiro atoms. The molecule has 0 radical (unpaired) electrons. The van der Waals surface area contributed by atoms with Crippen molar-refractivity contribution < 1.29 is 14.3 Å². The van der Waals surface area contributed by atoms with Gasteiger partial charge in [-0.1, -0.05) is 12.1 Å². The number of para-hydroxylation sites is 1. The third-order valence-electron chi connectivity index (χ3n) is 4.83. The lowest BCUT2D eigenvalue weighted by Crippen LogP contribution is -2.45. The molecule has 1 aromatic heterocycles. The topological polar surface area (TPSA) is 85.5 Å². The second-order valence-electron chi connectivity index (χ2n) is 6.62. The van der Waals surface area contributed by atoms with Crippen molar-refractivity contribution in [3.8, 4) is 5.75 Å².